The van der Waals surface area contributed by atoms with Crippen LogP contribution in [0.25, 0.3) is 11.0 Å². The van der Waals surface area contributed by atoms with Gasteiger partial charge in [0.2, 0.25) is 5.91 Å². The first-order valence-electron chi connectivity index (χ1n) is 10.6. The van der Waals surface area contributed by atoms with Crippen molar-refractivity contribution in [1.82, 2.24) is 14.5 Å². The van der Waals surface area contributed by atoms with E-state index in [1.165, 1.54) is 0 Å². The number of para-hydroxylation sites is 2. The first kappa shape index (κ1) is 18.4. The van der Waals surface area contributed by atoms with Gasteiger partial charge in [0.1, 0.15) is 5.82 Å². The summed E-state index contributed by atoms with van der Waals surface area (Å²) < 4.78 is 7.94. The molecule has 2 aromatic carbocycles. The van der Waals surface area contributed by atoms with Crippen LogP contribution in [0, 0.1) is 6.92 Å². The maximum absolute atomic E-state index is 13.8. The van der Waals surface area contributed by atoms with Crippen LogP contribution in [0.1, 0.15) is 36.7 Å². The normalized spacial score (nSPS) is 21.6. The second kappa shape index (κ2) is 7.30. The Morgan fingerprint density at radius 1 is 1.07 bits per heavy atom. The van der Waals surface area contributed by atoms with Crippen LogP contribution in [-0.4, -0.2) is 46.7 Å². The van der Waals surface area contributed by atoms with Gasteiger partial charge in [-0.3, -0.25) is 4.79 Å². The molecule has 1 aromatic heterocycles. The van der Waals surface area contributed by atoms with Gasteiger partial charge in [0.25, 0.3) is 0 Å². The van der Waals surface area contributed by atoms with E-state index in [9.17, 15) is 4.79 Å². The highest BCUT2D eigenvalue weighted by molar-refractivity contribution is 5.89. The number of nitrogens with zero attached hydrogens (tertiary/aromatic N) is 3. The Balaban J connectivity index is 1.44. The molecule has 0 aliphatic carbocycles. The summed E-state index contributed by atoms with van der Waals surface area (Å²) in [5, 5.41) is 0. The third-order valence-electron chi connectivity index (χ3n) is 6.67. The number of amides is 1. The van der Waals surface area contributed by atoms with E-state index in [4.69, 9.17) is 9.72 Å². The van der Waals surface area contributed by atoms with Gasteiger partial charge in [-0.05, 0) is 43.9 Å². The molecule has 0 bridgehead atoms. The smallest absolute Gasteiger partial charge is 0.233 e. The van der Waals surface area contributed by atoms with Crippen LogP contribution in [0.2, 0.25) is 0 Å². The fourth-order valence-corrected chi connectivity index (χ4v) is 5.17. The lowest BCUT2D eigenvalue weighted by molar-refractivity contribution is -0.140. The molecule has 2 saturated heterocycles. The SMILES string of the molecule is Cc1nc2ccccc2n1[C@@H]1CCN(C(=O)C2(c3ccccc3)CCOCC2)C1. The van der Waals surface area contributed by atoms with Gasteiger partial charge in [-0.25, -0.2) is 4.98 Å². The number of hydrogen-bond acceptors (Lipinski definition) is 3. The van der Waals surface area contributed by atoms with Crippen LogP contribution < -0.4 is 0 Å². The van der Waals surface area contributed by atoms with Gasteiger partial charge in [-0.15, -0.1) is 0 Å². The summed E-state index contributed by atoms with van der Waals surface area (Å²) in [5.74, 6) is 1.28. The van der Waals surface area contributed by atoms with Gasteiger partial charge in [0.05, 0.1) is 22.5 Å². The highest BCUT2D eigenvalue weighted by atomic mass is 16.5. The zero-order chi connectivity index (χ0) is 19.8. The van der Waals surface area contributed by atoms with Crippen LogP contribution in [-0.2, 0) is 14.9 Å². The van der Waals surface area contributed by atoms with Crippen molar-refractivity contribution in [3.05, 3.63) is 66.0 Å². The van der Waals surface area contributed by atoms with Gasteiger partial charge >= 0.3 is 0 Å². The molecule has 3 heterocycles. The van der Waals surface area contributed by atoms with E-state index < -0.39 is 5.41 Å². The number of likely N-dealkylation sites (tertiary alicyclic amines) is 1. The number of aromatic nitrogens is 2. The van der Waals surface area contributed by atoms with E-state index >= 15 is 0 Å². The fourth-order valence-electron chi connectivity index (χ4n) is 5.17. The number of carbonyl (C=O) groups is 1. The van der Waals surface area contributed by atoms with Crippen LogP contribution in [0.15, 0.2) is 54.6 Å². The molecule has 29 heavy (non-hydrogen) atoms. The van der Waals surface area contributed by atoms with Crippen molar-refractivity contribution in [2.24, 2.45) is 0 Å². The number of benzene rings is 2. The van der Waals surface area contributed by atoms with Crippen LogP contribution in [0.5, 0.6) is 0 Å². The third-order valence-corrected chi connectivity index (χ3v) is 6.67. The standard InChI is InChI=1S/C24H27N3O2/c1-18-25-21-9-5-6-10-22(21)27(18)20-11-14-26(17-20)23(28)24(12-15-29-16-13-24)19-7-3-2-4-8-19/h2-10,20H,11-17H2,1H3/t20-/m1/s1. The molecule has 1 atom stereocenters. The first-order valence-corrected chi connectivity index (χ1v) is 10.6. The summed E-state index contributed by atoms with van der Waals surface area (Å²) >= 11 is 0. The molecular formula is C24H27N3O2. The van der Waals surface area contributed by atoms with Gasteiger partial charge < -0.3 is 14.2 Å². The fraction of sp³-hybridized carbons (Fsp3) is 0.417. The van der Waals surface area contributed by atoms with E-state index in [1.807, 2.05) is 24.3 Å². The molecule has 0 unspecified atom stereocenters. The largest absolute Gasteiger partial charge is 0.381 e. The van der Waals surface area contributed by atoms with Gasteiger partial charge in [0, 0.05) is 26.3 Å². The Hall–Kier alpha value is -2.66. The number of fused-ring (bicyclic) bond motifs is 1. The zero-order valence-electron chi connectivity index (χ0n) is 16.9. The number of rotatable bonds is 3. The molecule has 5 rings (SSSR count). The molecule has 2 fully saturated rings. The minimum Gasteiger partial charge on any atom is -0.381 e. The van der Waals surface area contributed by atoms with Crippen molar-refractivity contribution in [3.63, 3.8) is 0 Å². The average Bonchev–Trinajstić information content (AvgIpc) is 3.37. The summed E-state index contributed by atoms with van der Waals surface area (Å²) in [6.07, 6.45) is 2.47. The van der Waals surface area contributed by atoms with E-state index in [-0.39, 0.29) is 11.9 Å². The second-order valence-corrected chi connectivity index (χ2v) is 8.27. The maximum Gasteiger partial charge on any atom is 0.233 e. The summed E-state index contributed by atoms with van der Waals surface area (Å²) in [4.78, 5) is 20.6. The van der Waals surface area contributed by atoms with Crippen LogP contribution in [0.3, 0.4) is 0 Å². The van der Waals surface area contributed by atoms with E-state index in [1.54, 1.807) is 0 Å². The van der Waals surface area contributed by atoms with Gasteiger partial charge in [-0.1, -0.05) is 42.5 Å². The lowest BCUT2D eigenvalue weighted by atomic mass is 9.73. The Morgan fingerprint density at radius 3 is 2.59 bits per heavy atom. The summed E-state index contributed by atoms with van der Waals surface area (Å²) in [7, 11) is 0. The lowest BCUT2D eigenvalue weighted by Gasteiger charge is -2.39. The molecule has 2 aliphatic rings. The average molecular weight is 389 g/mol. The van der Waals surface area contributed by atoms with Crippen molar-refractivity contribution in [3.8, 4) is 0 Å². The summed E-state index contributed by atoms with van der Waals surface area (Å²) in [6, 6.07) is 18.8. The second-order valence-electron chi connectivity index (χ2n) is 8.27. The molecule has 150 valence electrons. The molecule has 0 spiro atoms. The first-order chi connectivity index (χ1) is 14.2. The highest BCUT2D eigenvalue weighted by Crippen LogP contribution is 2.39. The number of ether oxygens (including phenoxy) is 1. The highest BCUT2D eigenvalue weighted by Gasteiger charge is 2.45. The van der Waals surface area contributed by atoms with Crippen molar-refractivity contribution in [2.75, 3.05) is 26.3 Å². The molecule has 2 aliphatic heterocycles. The number of hydrogen-bond donors (Lipinski definition) is 0. The van der Waals surface area contributed by atoms with Crippen LogP contribution in [0.4, 0.5) is 0 Å². The minimum atomic E-state index is -0.458. The summed E-state index contributed by atoms with van der Waals surface area (Å²) in [6.45, 7) is 4.89. The molecule has 5 nitrogen and oxygen atoms in total. The van der Waals surface area contributed by atoms with Gasteiger partial charge in [-0.2, -0.15) is 0 Å². The lowest BCUT2D eigenvalue weighted by Crippen LogP contribution is -2.49. The zero-order valence-corrected chi connectivity index (χ0v) is 16.9. The number of imidazole rings is 1. The Kier molecular flexibility index (Phi) is 4.63. The molecule has 5 heteroatoms. The molecule has 0 saturated carbocycles. The third kappa shape index (κ3) is 3.04. The quantitative estimate of drug-likeness (QED) is 0.683. The van der Waals surface area contributed by atoms with E-state index in [2.05, 4.69) is 46.7 Å². The van der Waals surface area contributed by atoms with E-state index in [0.29, 0.717) is 13.2 Å². The molecule has 0 N–H and O–H groups in total. The van der Waals surface area contributed by atoms with Crippen molar-refractivity contribution in [2.45, 2.75) is 37.6 Å². The Morgan fingerprint density at radius 2 is 1.79 bits per heavy atom. The van der Waals surface area contributed by atoms with Gasteiger partial charge in [0.15, 0.2) is 0 Å². The monoisotopic (exact) mass is 389 g/mol. The van der Waals surface area contributed by atoms with Crippen molar-refractivity contribution in [1.29, 1.82) is 0 Å². The topological polar surface area (TPSA) is 47.4 Å². The molecular weight excluding hydrogens is 362 g/mol. The predicted octanol–water partition coefficient (Wildman–Crippen LogP) is 3.87. The molecule has 1 amide bonds. The number of aryl methyl sites for hydroxylation is 1. The van der Waals surface area contributed by atoms with Crippen molar-refractivity contribution < 1.29 is 9.53 Å². The minimum absolute atomic E-state index is 0.261. The summed E-state index contributed by atoms with van der Waals surface area (Å²) in [5.41, 5.74) is 2.86. The van der Waals surface area contributed by atoms with Crippen LogP contribution >= 0.6 is 0 Å². The molecule has 3 aromatic rings. The Bertz CT molecular complexity index is 1020. The Labute approximate surface area is 171 Å². The maximum atomic E-state index is 13.8. The van der Waals surface area contributed by atoms with E-state index in [0.717, 1.165) is 54.8 Å². The number of carbonyl (C=O) groups excluding carboxylic acids is 1. The predicted molar refractivity (Wildman–Crippen MR) is 113 cm³/mol. The molecule has 0 radical (unpaired) electrons. The van der Waals surface area contributed by atoms with Crippen molar-refractivity contribution >= 4 is 16.9 Å².